The molecule has 1 aliphatic rings. The first kappa shape index (κ1) is 20.4. The number of carbonyl (C=O) groups is 2. The number of nitro benzene ring substituents is 1. The molecule has 0 radical (unpaired) electrons. The first-order valence-corrected chi connectivity index (χ1v) is 9.54. The van der Waals surface area contributed by atoms with Gasteiger partial charge in [0, 0.05) is 12.1 Å². The number of thioether (sulfide) groups is 1. The molecule has 2 aromatic carbocycles. The van der Waals surface area contributed by atoms with Crippen LogP contribution in [-0.4, -0.2) is 34.7 Å². The normalized spacial score (nSPS) is 15.1. The number of nitrogens with zero attached hydrogens (tertiary/aromatic N) is 2. The topological polar surface area (TPSA) is 99.0 Å². The van der Waals surface area contributed by atoms with Crippen LogP contribution in [0.5, 0.6) is 11.5 Å². The zero-order valence-electron chi connectivity index (χ0n) is 15.8. The van der Waals surface area contributed by atoms with Crippen molar-refractivity contribution in [3.63, 3.8) is 0 Å². The number of nitro groups is 1. The molecule has 1 saturated heterocycles. The zero-order chi connectivity index (χ0) is 21.0. The molecular formula is C20H18N2O6S. The minimum absolute atomic E-state index is 0.0484. The lowest BCUT2D eigenvalue weighted by molar-refractivity contribution is -0.384. The van der Waals surface area contributed by atoms with Gasteiger partial charge in [0.2, 0.25) is 0 Å². The van der Waals surface area contributed by atoms with Crippen LogP contribution in [-0.2, 0) is 11.3 Å². The van der Waals surface area contributed by atoms with Gasteiger partial charge in [-0.3, -0.25) is 24.6 Å². The Labute approximate surface area is 171 Å². The Kier molecular flexibility index (Phi) is 6.18. The fourth-order valence-corrected chi connectivity index (χ4v) is 3.58. The van der Waals surface area contributed by atoms with Crippen molar-refractivity contribution in [3.8, 4) is 11.5 Å². The lowest BCUT2D eigenvalue weighted by Gasteiger charge is -2.12. The van der Waals surface area contributed by atoms with Gasteiger partial charge >= 0.3 is 0 Å². The van der Waals surface area contributed by atoms with Gasteiger partial charge in [-0.1, -0.05) is 18.2 Å². The van der Waals surface area contributed by atoms with Crippen molar-refractivity contribution in [2.24, 2.45) is 0 Å². The summed E-state index contributed by atoms with van der Waals surface area (Å²) in [7, 11) is 1.54. The molecule has 0 aliphatic carbocycles. The maximum atomic E-state index is 12.7. The fraction of sp³-hybridized carbons (Fsp3) is 0.200. The van der Waals surface area contributed by atoms with Gasteiger partial charge in [-0.15, -0.1) is 0 Å². The van der Waals surface area contributed by atoms with E-state index in [1.807, 2.05) is 6.92 Å². The highest BCUT2D eigenvalue weighted by atomic mass is 32.2. The molecule has 0 spiro atoms. The number of rotatable bonds is 7. The third-order valence-corrected chi connectivity index (χ3v) is 5.05. The highest BCUT2D eigenvalue weighted by molar-refractivity contribution is 8.18. The van der Waals surface area contributed by atoms with Gasteiger partial charge in [0.05, 0.1) is 30.1 Å². The summed E-state index contributed by atoms with van der Waals surface area (Å²) in [5.74, 6) is 0.719. The van der Waals surface area contributed by atoms with E-state index in [-0.39, 0.29) is 12.2 Å². The Bertz CT molecular complexity index is 987. The maximum Gasteiger partial charge on any atom is 0.293 e. The van der Waals surface area contributed by atoms with Gasteiger partial charge in [0.1, 0.15) is 0 Å². The van der Waals surface area contributed by atoms with Crippen molar-refractivity contribution in [1.29, 1.82) is 0 Å². The number of methoxy groups -OCH3 is 1. The minimum atomic E-state index is -0.502. The molecule has 0 bridgehead atoms. The van der Waals surface area contributed by atoms with E-state index in [0.29, 0.717) is 34.1 Å². The highest BCUT2D eigenvalue weighted by Gasteiger charge is 2.35. The monoisotopic (exact) mass is 414 g/mol. The number of amides is 2. The largest absolute Gasteiger partial charge is 0.493 e. The first-order valence-electron chi connectivity index (χ1n) is 8.72. The van der Waals surface area contributed by atoms with Crippen LogP contribution in [0.4, 0.5) is 10.5 Å². The van der Waals surface area contributed by atoms with E-state index in [1.54, 1.807) is 31.4 Å². The van der Waals surface area contributed by atoms with Crippen molar-refractivity contribution in [2.45, 2.75) is 13.5 Å². The van der Waals surface area contributed by atoms with Gasteiger partial charge in [-0.05, 0) is 48.0 Å². The van der Waals surface area contributed by atoms with Gasteiger partial charge in [0.15, 0.2) is 11.5 Å². The van der Waals surface area contributed by atoms with Crippen LogP contribution >= 0.6 is 11.8 Å². The average Bonchev–Trinajstić information content (AvgIpc) is 2.96. The summed E-state index contributed by atoms with van der Waals surface area (Å²) in [4.78, 5) is 36.6. The third-order valence-electron chi connectivity index (χ3n) is 4.15. The summed E-state index contributed by atoms with van der Waals surface area (Å²) in [6, 6.07) is 11.0. The lowest BCUT2D eigenvalue weighted by atomic mass is 10.1. The Morgan fingerprint density at radius 1 is 1.14 bits per heavy atom. The zero-order valence-corrected chi connectivity index (χ0v) is 16.6. The molecule has 8 nitrogen and oxygen atoms in total. The fourth-order valence-electron chi connectivity index (χ4n) is 2.74. The van der Waals surface area contributed by atoms with Crippen LogP contribution in [0.1, 0.15) is 18.1 Å². The Morgan fingerprint density at radius 2 is 1.86 bits per heavy atom. The smallest absolute Gasteiger partial charge is 0.293 e. The van der Waals surface area contributed by atoms with Crippen LogP contribution in [0.2, 0.25) is 0 Å². The molecule has 1 heterocycles. The number of hydrogen-bond donors (Lipinski definition) is 0. The molecule has 1 aliphatic heterocycles. The molecule has 0 aromatic heterocycles. The van der Waals surface area contributed by atoms with Crippen LogP contribution < -0.4 is 9.47 Å². The standard InChI is InChI=1S/C20H18N2O6S/c1-3-28-17-10-14(6-9-16(17)27-2)11-18-19(23)21(20(24)29-18)12-13-4-7-15(8-5-13)22(25)26/h4-11H,3,12H2,1-2H3/b18-11-. The van der Waals surface area contributed by atoms with E-state index in [0.717, 1.165) is 16.7 Å². The predicted molar refractivity (Wildman–Crippen MR) is 109 cm³/mol. The molecule has 29 heavy (non-hydrogen) atoms. The summed E-state index contributed by atoms with van der Waals surface area (Å²) >= 11 is 0.851. The second-order valence-corrected chi connectivity index (χ2v) is 7.03. The first-order chi connectivity index (χ1) is 13.9. The van der Waals surface area contributed by atoms with Crippen molar-refractivity contribution in [1.82, 2.24) is 4.90 Å². The Morgan fingerprint density at radius 3 is 2.48 bits per heavy atom. The highest BCUT2D eigenvalue weighted by Crippen LogP contribution is 2.35. The van der Waals surface area contributed by atoms with E-state index in [1.165, 1.54) is 24.3 Å². The van der Waals surface area contributed by atoms with Crippen molar-refractivity contribution in [3.05, 3.63) is 68.6 Å². The second-order valence-electron chi connectivity index (χ2n) is 6.03. The van der Waals surface area contributed by atoms with Crippen LogP contribution in [0.15, 0.2) is 47.4 Å². The van der Waals surface area contributed by atoms with Gasteiger partial charge in [0.25, 0.3) is 16.8 Å². The SMILES string of the molecule is CCOc1cc(/C=C2\SC(=O)N(Cc3ccc([N+](=O)[O-])cc3)C2=O)ccc1OC. The van der Waals surface area contributed by atoms with E-state index in [2.05, 4.69) is 0 Å². The van der Waals surface area contributed by atoms with E-state index < -0.39 is 16.1 Å². The van der Waals surface area contributed by atoms with Crippen LogP contribution in [0, 0.1) is 10.1 Å². The third kappa shape index (κ3) is 4.57. The lowest BCUT2D eigenvalue weighted by Crippen LogP contribution is -2.27. The van der Waals surface area contributed by atoms with Crippen LogP contribution in [0.25, 0.3) is 6.08 Å². The van der Waals surface area contributed by atoms with Crippen molar-refractivity contribution < 1.29 is 24.0 Å². The van der Waals surface area contributed by atoms with Crippen LogP contribution in [0.3, 0.4) is 0 Å². The van der Waals surface area contributed by atoms with E-state index in [4.69, 9.17) is 9.47 Å². The molecule has 1 fully saturated rings. The Hall–Kier alpha value is -3.33. The second kappa shape index (κ2) is 8.78. The molecule has 0 atom stereocenters. The summed E-state index contributed by atoms with van der Waals surface area (Å²) in [5, 5.41) is 10.4. The average molecular weight is 414 g/mol. The van der Waals surface area contributed by atoms with E-state index >= 15 is 0 Å². The maximum absolute atomic E-state index is 12.7. The molecule has 3 rings (SSSR count). The summed E-state index contributed by atoms with van der Waals surface area (Å²) < 4.78 is 10.8. The molecule has 150 valence electrons. The molecular weight excluding hydrogens is 396 g/mol. The molecule has 2 amide bonds. The minimum Gasteiger partial charge on any atom is -0.493 e. The number of non-ortho nitro benzene ring substituents is 1. The summed E-state index contributed by atoms with van der Waals surface area (Å²) in [5.41, 5.74) is 1.28. The molecule has 2 aromatic rings. The number of benzene rings is 2. The predicted octanol–water partition coefficient (Wildman–Crippen LogP) is 4.24. The number of hydrogen-bond acceptors (Lipinski definition) is 7. The van der Waals surface area contributed by atoms with E-state index in [9.17, 15) is 19.7 Å². The number of ether oxygens (including phenoxy) is 2. The number of imide groups is 1. The molecule has 0 N–H and O–H groups in total. The molecule has 9 heteroatoms. The molecule has 0 unspecified atom stereocenters. The summed E-state index contributed by atoms with van der Waals surface area (Å²) in [6.07, 6.45) is 1.63. The van der Waals surface area contributed by atoms with Gasteiger partial charge < -0.3 is 9.47 Å². The van der Waals surface area contributed by atoms with Crippen molar-refractivity contribution >= 4 is 34.7 Å². The van der Waals surface area contributed by atoms with Crippen molar-refractivity contribution in [2.75, 3.05) is 13.7 Å². The quantitative estimate of drug-likeness (QED) is 0.380. The Balaban J connectivity index is 1.79. The summed E-state index contributed by atoms with van der Waals surface area (Å²) in [6.45, 7) is 2.37. The van der Waals surface area contributed by atoms with Gasteiger partial charge in [-0.2, -0.15) is 0 Å². The van der Waals surface area contributed by atoms with Gasteiger partial charge in [-0.25, -0.2) is 0 Å². The number of carbonyl (C=O) groups excluding carboxylic acids is 2. The molecule has 0 saturated carbocycles.